The molecule has 0 aromatic rings. The molecule has 2 N–H and O–H groups in total. The molecule has 0 bridgehead atoms. The second-order valence-electron chi connectivity index (χ2n) is 4.33. The SMILES string of the molecule is CC(C)C(N)=NCCCOCC1CC1. The minimum atomic E-state index is 0.363. The molecule has 0 aromatic carbocycles. The highest BCUT2D eigenvalue weighted by Crippen LogP contribution is 2.28. The smallest absolute Gasteiger partial charge is 0.0962 e. The minimum absolute atomic E-state index is 0.363. The molecule has 0 saturated heterocycles. The van der Waals surface area contributed by atoms with Crippen LogP contribution in [0.3, 0.4) is 0 Å². The number of hydrogen-bond acceptors (Lipinski definition) is 2. The molecule has 14 heavy (non-hydrogen) atoms. The third kappa shape index (κ3) is 5.22. The van der Waals surface area contributed by atoms with Gasteiger partial charge in [-0.1, -0.05) is 13.8 Å². The summed E-state index contributed by atoms with van der Waals surface area (Å²) in [5.74, 6) is 1.98. The van der Waals surface area contributed by atoms with E-state index in [1.54, 1.807) is 0 Å². The number of nitrogens with two attached hydrogens (primary N) is 1. The van der Waals surface area contributed by atoms with Crippen LogP contribution in [0.15, 0.2) is 4.99 Å². The van der Waals surface area contributed by atoms with E-state index >= 15 is 0 Å². The van der Waals surface area contributed by atoms with Gasteiger partial charge in [0.15, 0.2) is 0 Å². The molecule has 3 heteroatoms. The topological polar surface area (TPSA) is 47.6 Å². The number of amidine groups is 1. The van der Waals surface area contributed by atoms with E-state index < -0.39 is 0 Å². The average Bonchev–Trinajstić information content (AvgIpc) is 2.94. The van der Waals surface area contributed by atoms with Gasteiger partial charge in [0, 0.05) is 25.7 Å². The van der Waals surface area contributed by atoms with Crippen molar-refractivity contribution in [2.45, 2.75) is 33.1 Å². The summed E-state index contributed by atoms with van der Waals surface area (Å²) in [6.07, 6.45) is 3.71. The Kier molecular flexibility index (Phi) is 4.94. The van der Waals surface area contributed by atoms with Crippen LogP contribution in [0.25, 0.3) is 0 Å². The van der Waals surface area contributed by atoms with Gasteiger partial charge in [0.05, 0.1) is 5.84 Å². The summed E-state index contributed by atoms with van der Waals surface area (Å²) in [6.45, 7) is 6.69. The van der Waals surface area contributed by atoms with Gasteiger partial charge < -0.3 is 10.5 Å². The first-order valence-electron chi connectivity index (χ1n) is 5.57. The summed E-state index contributed by atoms with van der Waals surface area (Å²) in [7, 11) is 0. The highest BCUT2D eigenvalue weighted by atomic mass is 16.5. The molecular weight excluding hydrogens is 176 g/mol. The van der Waals surface area contributed by atoms with E-state index in [2.05, 4.69) is 18.8 Å². The number of ether oxygens (including phenoxy) is 1. The van der Waals surface area contributed by atoms with Gasteiger partial charge in [-0.3, -0.25) is 4.99 Å². The number of hydrogen-bond donors (Lipinski definition) is 1. The van der Waals surface area contributed by atoms with Crippen molar-refractivity contribution in [3.63, 3.8) is 0 Å². The number of nitrogens with zero attached hydrogens (tertiary/aromatic N) is 1. The van der Waals surface area contributed by atoms with Crippen LogP contribution in [0.4, 0.5) is 0 Å². The third-order valence-electron chi connectivity index (χ3n) is 2.38. The largest absolute Gasteiger partial charge is 0.387 e. The predicted octanol–water partition coefficient (Wildman–Crippen LogP) is 1.82. The van der Waals surface area contributed by atoms with Gasteiger partial charge in [-0.2, -0.15) is 0 Å². The Hall–Kier alpha value is -0.570. The normalized spacial score (nSPS) is 17.8. The van der Waals surface area contributed by atoms with Crippen LogP contribution in [0.5, 0.6) is 0 Å². The molecule has 1 saturated carbocycles. The van der Waals surface area contributed by atoms with Crippen molar-refractivity contribution in [3.05, 3.63) is 0 Å². The standard InChI is InChI=1S/C11H22N2O/c1-9(2)11(12)13-6-3-7-14-8-10-4-5-10/h9-10H,3-8H2,1-2H3,(H2,12,13). The number of aliphatic imine (C=N–C) groups is 1. The molecule has 0 aliphatic heterocycles. The zero-order chi connectivity index (χ0) is 10.4. The predicted molar refractivity (Wildman–Crippen MR) is 59.5 cm³/mol. The van der Waals surface area contributed by atoms with Crippen LogP contribution in [-0.4, -0.2) is 25.6 Å². The zero-order valence-corrected chi connectivity index (χ0v) is 9.33. The van der Waals surface area contributed by atoms with Crippen molar-refractivity contribution in [1.82, 2.24) is 0 Å². The van der Waals surface area contributed by atoms with Crippen LogP contribution >= 0.6 is 0 Å². The lowest BCUT2D eigenvalue weighted by atomic mass is 10.2. The molecule has 1 rings (SSSR count). The first-order chi connectivity index (χ1) is 6.70. The maximum atomic E-state index is 5.70. The van der Waals surface area contributed by atoms with E-state index in [4.69, 9.17) is 10.5 Å². The second kappa shape index (κ2) is 6.02. The molecule has 1 aliphatic carbocycles. The van der Waals surface area contributed by atoms with Gasteiger partial charge in [-0.05, 0) is 25.2 Å². The summed E-state index contributed by atoms with van der Waals surface area (Å²) in [4.78, 5) is 4.27. The quantitative estimate of drug-likeness (QED) is 0.385. The van der Waals surface area contributed by atoms with Crippen LogP contribution in [-0.2, 0) is 4.74 Å². The van der Waals surface area contributed by atoms with E-state index in [9.17, 15) is 0 Å². The Balaban J connectivity index is 1.89. The van der Waals surface area contributed by atoms with Gasteiger partial charge in [-0.25, -0.2) is 0 Å². The van der Waals surface area contributed by atoms with Crippen LogP contribution < -0.4 is 5.73 Å². The molecule has 0 aromatic heterocycles. The molecule has 0 radical (unpaired) electrons. The minimum Gasteiger partial charge on any atom is -0.387 e. The second-order valence-corrected chi connectivity index (χ2v) is 4.33. The summed E-state index contributed by atoms with van der Waals surface area (Å²) in [5, 5.41) is 0. The molecular formula is C11H22N2O. The van der Waals surface area contributed by atoms with Crippen molar-refractivity contribution < 1.29 is 4.74 Å². The van der Waals surface area contributed by atoms with Crippen molar-refractivity contribution in [3.8, 4) is 0 Å². The van der Waals surface area contributed by atoms with Gasteiger partial charge in [0.1, 0.15) is 0 Å². The Bertz CT molecular complexity index is 186. The molecule has 1 fully saturated rings. The molecule has 3 nitrogen and oxygen atoms in total. The van der Waals surface area contributed by atoms with Crippen LogP contribution in [0.2, 0.25) is 0 Å². The Morgan fingerprint density at radius 2 is 2.21 bits per heavy atom. The molecule has 1 aliphatic rings. The Morgan fingerprint density at radius 3 is 2.79 bits per heavy atom. The zero-order valence-electron chi connectivity index (χ0n) is 9.33. The number of rotatable bonds is 7. The van der Waals surface area contributed by atoms with E-state index in [1.165, 1.54) is 12.8 Å². The van der Waals surface area contributed by atoms with Gasteiger partial charge in [0.25, 0.3) is 0 Å². The van der Waals surface area contributed by atoms with Crippen LogP contribution in [0, 0.1) is 11.8 Å². The lowest BCUT2D eigenvalue weighted by molar-refractivity contribution is 0.123. The Labute approximate surface area is 86.7 Å². The van der Waals surface area contributed by atoms with Crippen molar-refractivity contribution in [2.75, 3.05) is 19.8 Å². The third-order valence-corrected chi connectivity index (χ3v) is 2.38. The van der Waals surface area contributed by atoms with Gasteiger partial charge in [-0.15, -0.1) is 0 Å². The van der Waals surface area contributed by atoms with Crippen LogP contribution in [0.1, 0.15) is 33.1 Å². The van der Waals surface area contributed by atoms with Crippen molar-refractivity contribution in [2.24, 2.45) is 22.6 Å². The fourth-order valence-electron chi connectivity index (χ4n) is 1.09. The van der Waals surface area contributed by atoms with Crippen molar-refractivity contribution in [1.29, 1.82) is 0 Å². The summed E-state index contributed by atoms with van der Waals surface area (Å²) >= 11 is 0. The summed E-state index contributed by atoms with van der Waals surface area (Å²) in [6, 6.07) is 0. The highest BCUT2D eigenvalue weighted by Gasteiger charge is 2.20. The fourth-order valence-corrected chi connectivity index (χ4v) is 1.09. The highest BCUT2D eigenvalue weighted by molar-refractivity contribution is 5.82. The molecule has 0 amide bonds. The van der Waals surface area contributed by atoms with E-state index in [0.717, 1.165) is 37.9 Å². The average molecular weight is 198 g/mol. The monoisotopic (exact) mass is 198 g/mol. The maximum absolute atomic E-state index is 5.70. The molecule has 82 valence electrons. The van der Waals surface area contributed by atoms with Crippen molar-refractivity contribution >= 4 is 5.84 Å². The fraction of sp³-hybridized carbons (Fsp3) is 0.909. The lowest BCUT2D eigenvalue weighted by Gasteiger charge is -2.04. The van der Waals surface area contributed by atoms with E-state index in [0.29, 0.717) is 5.92 Å². The summed E-state index contributed by atoms with van der Waals surface area (Å²) in [5.41, 5.74) is 5.70. The summed E-state index contributed by atoms with van der Waals surface area (Å²) < 4.78 is 5.49. The van der Waals surface area contributed by atoms with Gasteiger partial charge >= 0.3 is 0 Å². The maximum Gasteiger partial charge on any atom is 0.0962 e. The van der Waals surface area contributed by atoms with E-state index in [-0.39, 0.29) is 0 Å². The van der Waals surface area contributed by atoms with Gasteiger partial charge in [0.2, 0.25) is 0 Å². The Morgan fingerprint density at radius 1 is 1.50 bits per heavy atom. The van der Waals surface area contributed by atoms with E-state index in [1.807, 2.05) is 0 Å². The molecule has 0 spiro atoms. The molecule has 0 unspecified atom stereocenters. The molecule has 0 atom stereocenters. The lowest BCUT2D eigenvalue weighted by Crippen LogP contribution is -2.19. The first-order valence-corrected chi connectivity index (χ1v) is 5.57. The molecule has 0 heterocycles. The first kappa shape index (κ1) is 11.5.